The maximum absolute atomic E-state index is 3.64. The Bertz CT molecular complexity index is 244. The van der Waals surface area contributed by atoms with E-state index in [1.165, 1.54) is 64.7 Å². The SMILES string of the molecule is CCCNCC(CCC)N1CCCC(C(C)(C)C)CC1. The molecular formula is C18H38N2. The van der Waals surface area contributed by atoms with Crippen LogP contribution in [0.1, 0.15) is 73.1 Å². The average Bonchev–Trinajstić information content (AvgIpc) is 2.63. The molecule has 2 nitrogen and oxygen atoms in total. The minimum atomic E-state index is 0.483. The van der Waals surface area contributed by atoms with Gasteiger partial charge in [0.1, 0.15) is 0 Å². The monoisotopic (exact) mass is 282 g/mol. The first-order valence-electron chi connectivity index (χ1n) is 8.93. The van der Waals surface area contributed by atoms with Crippen LogP contribution in [-0.4, -0.2) is 37.1 Å². The van der Waals surface area contributed by atoms with E-state index in [1.807, 2.05) is 0 Å². The molecule has 1 rings (SSSR count). The van der Waals surface area contributed by atoms with E-state index in [-0.39, 0.29) is 0 Å². The van der Waals surface area contributed by atoms with Crippen LogP contribution in [0.15, 0.2) is 0 Å². The zero-order chi connectivity index (χ0) is 15.0. The van der Waals surface area contributed by atoms with E-state index in [4.69, 9.17) is 0 Å². The molecule has 0 bridgehead atoms. The maximum Gasteiger partial charge on any atom is 0.0220 e. The van der Waals surface area contributed by atoms with Gasteiger partial charge in [-0.05, 0) is 63.1 Å². The Labute approximate surface area is 127 Å². The van der Waals surface area contributed by atoms with Crippen molar-refractivity contribution in [2.24, 2.45) is 11.3 Å². The minimum absolute atomic E-state index is 0.483. The van der Waals surface area contributed by atoms with E-state index in [2.05, 4.69) is 44.8 Å². The summed E-state index contributed by atoms with van der Waals surface area (Å²) in [6, 6.07) is 0.755. The molecule has 2 heteroatoms. The van der Waals surface area contributed by atoms with E-state index >= 15 is 0 Å². The van der Waals surface area contributed by atoms with E-state index < -0.39 is 0 Å². The van der Waals surface area contributed by atoms with Gasteiger partial charge in [0, 0.05) is 12.6 Å². The molecule has 0 amide bonds. The summed E-state index contributed by atoms with van der Waals surface area (Å²) < 4.78 is 0. The summed E-state index contributed by atoms with van der Waals surface area (Å²) in [5.74, 6) is 0.901. The Morgan fingerprint density at radius 3 is 2.45 bits per heavy atom. The van der Waals surface area contributed by atoms with Gasteiger partial charge in [-0.25, -0.2) is 0 Å². The highest BCUT2D eigenvalue weighted by Gasteiger charge is 2.28. The molecule has 1 aliphatic heterocycles. The number of hydrogen-bond acceptors (Lipinski definition) is 2. The normalized spacial score (nSPS) is 23.6. The van der Waals surface area contributed by atoms with E-state index in [0.717, 1.165) is 12.0 Å². The highest BCUT2D eigenvalue weighted by molar-refractivity contribution is 4.82. The summed E-state index contributed by atoms with van der Waals surface area (Å²) in [4.78, 5) is 2.78. The lowest BCUT2D eigenvalue weighted by atomic mass is 9.77. The second kappa shape index (κ2) is 9.04. The first-order valence-corrected chi connectivity index (χ1v) is 8.93. The third-order valence-electron chi connectivity index (χ3n) is 4.93. The van der Waals surface area contributed by atoms with Crippen molar-refractivity contribution in [2.45, 2.75) is 79.2 Å². The van der Waals surface area contributed by atoms with Crippen molar-refractivity contribution in [2.75, 3.05) is 26.2 Å². The fourth-order valence-electron chi connectivity index (χ4n) is 3.54. The largest absolute Gasteiger partial charge is 0.315 e. The molecule has 0 aromatic rings. The van der Waals surface area contributed by atoms with Crippen molar-refractivity contribution in [1.82, 2.24) is 10.2 Å². The van der Waals surface area contributed by atoms with Gasteiger partial charge >= 0.3 is 0 Å². The molecule has 0 aliphatic carbocycles. The van der Waals surface area contributed by atoms with Crippen LogP contribution in [0.3, 0.4) is 0 Å². The van der Waals surface area contributed by atoms with Gasteiger partial charge in [0.15, 0.2) is 0 Å². The predicted octanol–water partition coefficient (Wildman–Crippen LogP) is 4.30. The number of likely N-dealkylation sites (tertiary alicyclic amines) is 1. The van der Waals surface area contributed by atoms with Gasteiger partial charge in [0.25, 0.3) is 0 Å². The molecule has 1 saturated heterocycles. The van der Waals surface area contributed by atoms with Crippen LogP contribution >= 0.6 is 0 Å². The van der Waals surface area contributed by atoms with Gasteiger partial charge in [-0.2, -0.15) is 0 Å². The van der Waals surface area contributed by atoms with Crippen LogP contribution in [-0.2, 0) is 0 Å². The molecule has 0 aromatic heterocycles. The van der Waals surface area contributed by atoms with E-state index in [0.29, 0.717) is 5.41 Å². The van der Waals surface area contributed by atoms with E-state index in [1.54, 1.807) is 0 Å². The van der Waals surface area contributed by atoms with E-state index in [9.17, 15) is 0 Å². The van der Waals surface area contributed by atoms with Gasteiger partial charge in [-0.15, -0.1) is 0 Å². The highest BCUT2D eigenvalue weighted by Crippen LogP contribution is 2.34. The maximum atomic E-state index is 3.64. The molecule has 1 N–H and O–H groups in total. The summed E-state index contributed by atoms with van der Waals surface area (Å²) in [6.45, 7) is 16.8. The fourth-order valence-corrected chi connectivity index (χ4v) is 3.54. The van der Waals surface area contributed by atoms with Crippen LogP contribution in [0.5, 0.6) is 0 Å². The van der Waals surface area contributed by atoms with Crippen LogP contribution < -0.4 is 5.32 Å². The van der Waals surface area contributed by atoms with Crippen LogP contribution in [0.25, 0.3) is 0 Å². The van der Waals surface area contributed by atoms with Crippen LogP contribution in [0.2, 0.25) is 0 Å². The summed E-state index contributed by atoms with van der Waals surface area (Å²) in [7, 11) is 0. The molecule has 0 radical (unpaired) electrons. The summed E-state index contributed by atoms with van der Waals surface area (Å²) in [5.41, 5.74) is 0.483. The lowest BCUT2D eigenvalue weighted by molar-refractivity contribution is 0.172. The van der Waals surface area contributed by atoms with Gasteiger partial charge in [0.05, 0.1) is 0 Å². The Kier molecular flexibility index (Phi) is 8.13. The third-order valence-corrected chi connectivity index (χ3v) is 4.93. The van der Waals surface area contributed by atoms with Crippen LogP contribution in [0.4, 0.5) is 0 Å². The molecule has 0 aromatic carbocycles. The molecular weight excluding hydrogens is 244 g/mol. The topological polar surface area (TPSA) is 15.3 Å². The molecule has 20 heavy (non-hydrogen) atoms. The summed E-state index contributed by atoms with van der Waals surface area (Å²) in [5, 5.41) is 3.64. The number of nitrogens with one attached hydrogen (secondary N) is 1. The number of nitrogens with zero attached hydrogens (tertiary/aromatic N) is 1. The van der Waals surface area contributed by atoms with Gasteiger partial charge in [-0.3, -0.25) is 4.90 Å². The lowest BCUT2D eigenvalue weighted by Crippen LogP contribution is -2.43. The lowest BCUT2D eigenvalue weighted by Gasteiger charge is -2.32. The van der Waals surface area contributed by atoms with Gasteiger partial charge in [0.2, 0.25) is 0 Å². The predicted molar refractivity (Wildman–Crippen MR) is 90.2 cm³/mol. The summed E-state index contributed by atoms with van der Waals surface area (Å²) in [6.07, 6.45) is 8.08. The van der Waals surface area contributed by atoms with Crippen LogP contribution in [0, 0.1) is 11.3 Å². The summed E-state index contributed by atoms with van der Waals surface area (Å²) >= 11 is 0. The van der Waals surface area contributed by atoms with Crippen molar-refractivity contribution >= 4 is 0 Å². The van der Waals surface area contributed by atoms with Crippen molar-refractivity contribution < 1.29 is 0 Å². The molecule has 1 fully saturated rings. The second-order valence-electron chi connectivity index (χ2n) is 7.68. The Hall–Kier alpha value is -0.0800. The molecule has 2 atom stereocenters. The average molecular weight is 283 g/mol. The molecule has 1 heterocycles. The molecule has 0 spiro atoms. The molecule has 0 saturated carbocycles. The van der Waals surface area contributed by atoms with Crippen molar-refractivity contribution in [3.05, 3.63) is 0 Å². The Balaban J connectivity index is 2.50. The van der Waals surface area contributed by atoms with Crippen molar-refractivity contribution in [3.8, 4) is 0 Å². The first kappa shape index (κ1) is 18.0. The molecule has 1 aliphatic rings. The molecule has 120 valence electrons. The first-order chi connectivity index (χ1) is 9.49. The standard InChI is InChI=1S/C18H38N2/c1-6-9-17(15-19-12-7-2)20-13-8-10-16(11-14-20)18(3,4)5/h16-17,19H,6-15H2,1-5H3. The zero-order valence-corrected chi connectivity index (χ0v) is 14.7. The minimum Gasteiger partial charge on any atom is -0.315 e. The second-order valence-corrected chi connectivity index (χ2v) is 7.68. The van der Waals surface area contributed by atoms with Crippen molar-refractivity contribution in [1.29, 1.82) is 0 Å². The third kappa shape index (κ3) is 6.13. The highest BCUT2D eigenvalue weighted by atomic mass is 15.2. The Morgan fingerprint density at radius 2 is 1.85 bits per heavy atom. The quantitative estimate of drug-likeness (QED) is 0.700. The number of hydrogen-bond donors (Lipinski definition) is 1. The smallest absolute Gasteiger partial charge is 0.0220 e. The zero-order valence-electron chi connectivity index (χ0n) is 14.7. The van der Waals surface area contributed by atoms with Crippen molar-refractivity contribution in [3.63, 3.8) is 0 Å². The fraction of sp³-hybridized carbons (Fsp3) is 1.00. The Morgan fingerprint density at radius 1 is 1.10 bits per heavy atom. The number of rotatable bonds is 7. The molecule has 2 unspecified atom stereocenters. The van der Waals surface area contributed by atoms with Gasteiger partial charge in [-0.1, -0.05) is 41.0 Å². The van der Waals surface area contributed by atoms with Gasteiger partial charge < -0.3 is 5.32 Å².